The fourth-order valence-electron chi connectivity index (χ4n) is 7.49. The molecule has 1 saturated carbocycles. The predicted molar refractivity (Wildman–Crippen MR) is 138 cm³/mol. The van der Waals surface area contributed by atoms with Gasteiger partial charge in [0.05, 0.1) is 29.2 Å². The van der Waals surface area contributed by atoms with Gasteiger partial charge in [0.25, 0.3) is 0 Å². The van der Waals surface area contributed by atoms with Gasteiger partial charge in [0.1, 0.15) is 6.04 Å². The average Bonchev–Trinajstić information content (AvgIpc) is 3.48. The smallest absolute Gasteiger partial charge is 0.308 e. The summed E-state index contributed by atoms with van der Waals surface area (Å²) < 4.78 is -0.821. The first kappa shape index (κ1) is 25.3. The van der Waals surface area contributed by atoms with Crippen molar-refractivity contribution in [2.45, 2.75) is 73.6 Å². The molecule has 3 aliphatic heterocycles. The number of carbonyl (C=O) groups excluding carboxylic acids is 2. The highest BCUT2D eigenvalue weighted by atomic mass is 32.2. The van der Waals surface area contributed by atoms with Gasteiger partial charge in [0, 0.05) is 17.8 Å². The van der Waals surface area contributed by atoms with Gasteiger partial charge in [-0.15, -0.1) is 18.3 Å². The van der Waals surface area contributed by atoms with Gasteiger partial charge in [-0.25, -0.2) is 0 Å². The Morgan fingerprint density at radius 1 is 1.25 bits per heavy atom. The van der Waals surface area contributed by atoms with Crippen LogP contribution in [0.2, 0.25) is 0 Å². The van der Waals surface area contributed by atoms with Crippen LogP contribution in [0.1, 0.15) is 57.1 Å². The van der Waals surface area contributed by atoms with Gasteiger partial charge in [0.2, 0.25) is 11.8 Å². The minimum atomic E-state index is -0.969. The van der Waals surface area contributed by atoms with Gasteiger partial charge < -0.3 is 20.0 Å². The largest absolute Gasteiger partial charge is 0.481 e. The lowest BCUT2D eigenvalue weighted by atomic mass is 9.66. The quantitative estimate of drug-likeness (QED) is 0.518. The second-order valence-corrected chi connectivity index (χ2v) is 12.4. The van der Waals surface area contributed by atoms with E-state index in [9.17, 15) is 24.6 Å². The van der Waals surface area contributed by atoms with Gasteiger partial charge in [-0.1, -0.05) is 62.6 Å². The van der Waals surface area contributed by atoms with Crippen LogP contribution in [0.25, 0.3) is 0 Å². The molecule has 8 heteroatoms. The second kappa shape index (κ2) is 9.86. The SMILES string of the molecule is C=CCN(C(=O)C1N([C@H](CO)c2ccccc2)C(=O)[C@@H]2[C@@H](C(=O)O)[C@H]3CC(C)C12S3)C1CCCCC1. The van der Waals surface area contributed by atoms with E-state index >= 15 is 0 Å². The van der Waals surface area contributed by atoms with Gasteiger partial charge in [-0.2, -0.15) is 0 Å². The topological polar surface area (TPSA) is 98.2 Å². The molecule has 2 bridgehead atoms. The number of aliphatic hydroxyl groups excluding tert-OH is 1. The van der Waals surface area contributed by atoms with Crippen LogP contribution in [-0.2, 0) is 14.4 Å². The summed E-state index contributed by atoms with van der Waals surface area (Å²) in [5.74, 6) is -3.01. The molecule has 1 aliphatic carbocycles. The number of carboxylic acid groups (broad SMARTS) is 1. The van der Waals surface area contributed by atoms with Crippen molar-refractivity contribution in [1.29, 1.82) is 0 Å². The Labute approximate surface area is 216 Å². The zero-order valence-corrected chi connectivity index (χ0v) is 21.6. The molecule has 5 rings (SSSR count). The molecule has 36 heavy (non-hydrogen) atoms. The Bertz CT molecular complexity index is 1030. The molecule has 1 aromatic carbocycles. The monoisotopic (exact) mass is 512 g/mol. The fourth-order valence-corrected chi connectivity index (χ4v) is 9.89. The third-order valence-electron chi connectivity index (χ3n) is 9.02. The number of carbonyl (C=O) groups is 3. The van der Waals surface area contributed by atoms with E-state index in [1.807, 2.05) is 35.2 Å². The van der Waals surface area contributed by atoms with Gasteiger partial charge >= 0.3 is 5.97 Å². The summed E-state index contributed by atoms with van der Waals surface area (Å²) in [6, 6.07) is 7.81. The molecule has 1 spiro atoms. The van der Waals surface area contributed by atoms with Crippen LogP contribution in [0.3, 0.4) is 0 Å². The van der Waals surface area contributed by atoms with Crippen LogP contribution >= 0.6 is 11.8 Å². The van der Waals surface area contributed by atoms with E-state index in [0.29, 0.717) is 13.0 Å². The normalized spacial score (nSPS) is 34.4. The van der Waals surface area contributed by atoms with Crippen molar-refractivity contribution in [3.63, 3.8) is 0 Å². The molecule has 3 unspecified atom stereocenters. The van der Waals surface area contributed by atoms with Crippen molar-refractivity contribution in [2.24, 2.45) is 17.8 Å². The van der Waals surface area contributed by atoms with Gasteiger partial charge in [-0.3, -0.25) is 14.4 Å². The molecule has 1 aromatic rings. The Kier molecular flexibility index (Phi) is 6.94. The number of fused-ring (bicyclic) bond motifs is 1. The number of aliphatic carboxylic acids is 1. The maximum Gasteiger partial charge on any atom is 0.308 e. The molecule has 0 radical (unpaired) electrons. The van der Waals surface area contributed by atoms with E-state index in [-0.39, 0.29) is 35.6 Å². The molecule has 3 saturated heterocycles. The van der Waals surface area contributed by atoms with E-state index in [1.54, 1.807) is 22.7 Å². The Morgan fingerprint density at radius 2 is 1.94 bits per heavy atom. The zero-order chi connectivity index (χ0) is 25.6. The molecule has 194 valence electrons. The molecular formula is C28H36N2O5S. The number of aliphatic hydroxyl groups is 1. The number of likely N-dealkylation sites (tertiary alicyclic amines) is 1. The first-order valence-corrected chi connectivity index (χ1v) is 14.0. The van der Waals surface area contributed by atoms with Crippen LogP contribution < -0.4 is 0 Å². The van der Waals surface area contributed by atoms with Crippen LogP contribution in [0.4, 0.5) is 0 Å². The first-order chi connectivity index (χ1) is 17.4. The Balaban J connectivity index is 1.64. The molecule has 2 amide bonds. The van der Waals surface area contributed by atoms with Crippen molar-refractivity contribution in [3.8, 4) is 0 Å². The Hall–Kier alpha value is -2.32. The molecule has 2 N–H and O–H groups in total. The highest BCUT2D eigenvalue weighted by molar-refractivity contribution is 8.02. The maximum atomic E-state index is 14.6. The van der Waals surface area contributed by atoms with E-state index in [4.69, 9.17) is 0 Å². The molecule has 0 aromatic heterocycles. The highest BCUT2D eigenvalue weighted by Crippen LogP contribution is 2.69. The summed E-state index contributed by atoms with van der Waals surface area (Å²) in [5, 5.41) is 20.5. The van der Waals surface area contributed by atoms with Crippen LogP contribution in [0, 0.1) is 17.8 Å². The van der Waals surface area contributed by atoms with E-state index in [0.717, 1.165) is 37.7 Å². The van der Waals surface area contributed by atoms with Crippen molar-refractivity contribution in [1.82, 2.24) is 9.80 Å². The molecular weight excluding hydrogens is 476 g/mol. The van der Waals surface area contributed by atoms with Gasteiger partial charge in [0.15, 0.2) is 0 Å². The number of thioether (sulfide) groups is 1. The summed E-state index contributed by atoms with van der Waals surface area (Å²) in [6.07, 6.45) is 7.52. The van der Waals surface area contributed by atoms with Crippen molar-refractivity contribution >= 4 is 29.5 Å². The van der Waals surface area contributed by atoms with Crippen molar-refractivity contribution < 1.29 is 24.6 Å². The van der Waals surface area contributed by atoms with Gasteiger partial charge in [-0.05, 0) is 30.7 Å². The van der Waals surface area contributed by atoms with E-state index < -0.39 is 34.6 Å². The number of benzene rings is 1. The number of hydrogen-bond donors (Lipinski definition) is 2. The standard InChI is InChI=1S/C28H36N2O5S/c1-3-14-29(19-12-8-5-9-13-19)26(33)24-28-17(2)15-21(36-28)22(27(34)35)23(28)25(32)30(24)20(16-31)18-10-6-4-7-11-18/h3-4,6-7,10-11,17,19-24,31H,1,5,8-9,12-16H2,2H3,(H,34,35)/t17?,20-,21-,22+,23+,24?,28?/m1/s1. The number of nitrogens with zero attached hydrogens (tertiary/aromatic N) is 2. The summed E-state index contributed by atoms with van der Waals surface area (Å²) in [4.78, 5) is 44.7. The number of hydrogen-bond acceptors (Lipinski definition) is 5. The summed E-state index contributed by atoms with van der Waals surface area (Å²) in [7, 11) is 0. The summed E-state index contributed by atoms with van der Waals surface area (Å²) >= 11 is 1.54. The number of carboxylic acids is 1. The fraction of sp³-hybridized carbons (Fsp3) is 0.607. The maximum absolute atomic E-state index is 14.6. The van der Waals surface area contributed by atoms with Crippen LogP contribution in [0.15, 0.2) is 43.0 Å². The first-order valence-electron chi connectivity index (χ1n) is 13.2. The van der Waals surface area contributed by atoms with Crippen molar-refractivity contribution in [2.75, 3.05) is 13.2 Å². The summed E-state index contributed by atoms with van der Waals surface area (Å²) in [6.45, 7) is 6.01. The lowest BCUT2D eigenvalue weighted by molar-refractivity contribution is -0.150. The molecule has 4 fully saturated rings. The van der Waals surface area contributed by atoms with Crippen molar-refractivity contribution in [3.05, 3.63) is 48.6 Å². The molecule has 7 nitrogen and oxygen atoms in total. The van der Waals surface area contributed by atoms with E-state index in [2.05, 4.69) is 13.5 Å². The minimum Gasteiger partial charge on any atom is -0.481 e. The lowest BCUT2D eigenvalue weighted by Gasteiger charge is -2.44. The predicted octanol–water partition coefficient (Wildman–Crippen LogP) is 3.49. The zero-order valence-electron chi connectivity index (χ0n) is 20.8. The second-order valence-electron chi connectivity index (χ2n) is 10.8. The Morgan fingerprint density at radius 3 is 2.56 bits per heavy atom. The third kappa shape index (κ3) is 3.71. The average molecular weight is 513 g/mol. The van der Waals surface area contributed by atoms with Crippen LogP contribution in [-0.4, -0.2) is 73.0 Å². The number of amides is 2. The summed E-state index contributed by atoms with van der Waals surface area (Å²) in [5.41, 5.74) is 0.745. The lowest BCUT2D eigenvalue weighted by Crippen LogP contribution is -2.59. The number of rotatable bonds is 8. The molecule has 7 atom stereocenters. The molecule has 4 aliphatic rings. The highest BCUT2D eigenvalue weighted by Gasteiger charge is 2.77. The van der Waals surface area contributed by atoms with E-state index in [1.165, 1.54) is 0 Å². The van der Waals surface area contributed by atoms with Crippen LogP contribution in [0.5, 0.6) is 0 Å². The molecule has 3 heterocycles. The third-order valence-corrected chi connectivity index (χ3v) is 11.1. The minimum absolute atomic E-state index is 0.00283.